The third-order valence-corrected chi connectivity index (χ3v) is 6.21. The monoisotopic (exact) mass is 368 g/mol. The molecule has 0 radical (unpaired) electrons. The van der Waals surface area contributed by atoms with Crippen LogP contribution in [0.3, 0.4) is 0 Å². The van der Waals surface area contributed by atoms with E-state index in [9.17, 15) is 19.5 Å². The molecular formula is C20H13ClO5. The van der Waals surface area contributed by atoms with E-state index in [4.69, 9.17) is 16.0 Å². The maximum atomic E-state index is 13.0. The SMILES string of the molecule is CC12CCCc3coc(c31)C(=O)c1cc3c(cc12)C(=O)C(=O)C(Cl)=C3O. The number of allylic oxidation sites excluding steroid dienone is 1. The first kappa shape index (κ1) is 15.6. The minimum atomic E-state index is -0.933. The molecule has 2 aromatic rings. The first-order valence-electron chi connectivity index (χ1n) is 8.37. The smallest absolute Gasteiger partial charge is 0.248 e. The molecule has 1 aromatic carbocycles. The lowest BCUT2D eigenvalue weighted by molar-refractivity contribution is -0.111. The number of aryl methyl sites for hydroxylation is 1. The fourth-order valence-corrected chi connectivity index (χ4v) is 4.76. The van der Waals surface area contributed by atoms with Crippen molar-refractivity contribution in [3.05, 3.63) is 62.6 Å². The quantitative estimate of drug-likeness (QED) is 0.717. The van der Waals surface area contributed by atoms with Crippen LogP contribution in [0.15, 0.2) is 27.8 Å². The Kier molecular flexibility index (Phi) is 2.84. The Bertz CT molecular complexity index is 1100. The van der Waals surface area contributed by atoms with Crippen LogP contribution in [0.1, 0.15) is 68.5 Å². The van der Waals surface area contributed by atoms with E-state index < -0.39 is 27.8 Å². The van der Waals surface area contributed by atoms with Gasteiger partial charge < -0.3 is 9.52 Å². The number of Topliss-reactive ketones (excluding diaryl/α,β-unsaturated/α-hetero) is 2. The van der Waals surface area contributed by atoms with Crippen molar-refractivity contribution in [1.29, 1.82) is 0 Å². The number of fused-ring (bicyclic) bond motifs is 3. The summed E-state index contributed by atoms with van der Waals surface area (Å²) >= 11 is 5.79. The normalized spacial score (nSPS) is 23.7. The lowest BCUT2D eigenvalue weighted by atomic mass is 9.62. The summed E-state index contributed by atoms with van der Waals surface area (Å²) in [6.07, 6.45) is 4.21. The number of carbonyl (C=O) groups excluding carboxylic acids is 3. The van der Waals surface area contributed by atoms with Gasteiger partial charge in [-0.3, -0.25) is 14.4 Å². The average Bonchev–Trinajstić information content (AvgIpc) is 3.08. The van der Waals surface area contributed by atoms with Crippen molar-refractivity contribution < 1.29 is 23.9 Å². The van der Waals surface area contributed by atoms with Crippen LogP contribution in [0, 0.1) is 0 Å². The Hall–Kier alpha value is -2.66. The zero-order valence-electron chi connectivity index (χ0n) is 13.8. The summed E-state index contributed by atoms with van der Waals surface area (Å²) in [6.45, 7) is 2.03. The van der Waals surface area contributed by atoms with Crippen molar-refractivity contribution in [1.82, 2.24) is 0 Å². The molecule has 0 saturated heterocycles. The van der Waals surface area contributed by atoms with E-state index in [0.29, 0.717) is 16.9 Å². The van der Waals surface area contributed by atoms with E-state index >= 15 is 0 Å². The van der Waals surface area contributed by atoms with Gasteiger partial charge in [-0.1, -0.05) is 18.5 Å². The number of benzene rings is 1. The second kappa shape index (κ2) is 4.74. The topological polar surface area (TPSA) is 84.6 Å². The van der Waals surface area contributed by atoms with Crippen LogP contribution in [0.2, 0.25) is 0 Å². The molecule has 6 heteroatoms. The number of carbonyl (C=O) groups is 3. The molecule has 26 heavy (non-hydrogen) atoms. The Balaban J connectivity index is 1.86. The predicted octanol–water partition coefficient (Wildman–Crippen LogP) is 3.70. The molecule has 3 aliphatic carbocycles. The number of ketones is 3. The predicted molar refractivity (Wildman–Crippen MR) is 92.7 cm³/mol. The highest BCUT2D eigenvalue weighted by atomic mass is 35.5. The molecule has 5 rings (SSSR count). The summed E-state index contributed by atoms with van der Waals surface area (Å²) in [5, 5.41) is 9.73. The fourth-order valence-electron chi connectivity index (χ4n) is 4.57. The van der Waals surface area contributed by atoms with Crippen molar-refractivity contribution in [3.8, 4) is 0 Å². The van der Waals surface area contributed by atoms with Crippen LogP contribution in [0.4, 0.5) is 0 Å². The van der Waals surface area contributed by atoms with Crippen LogP contribution in [-0.4, -0.2) is 22.5 Å². The van der Waals surface area contributed by atoms with Crippen LogP contribution in [0.25, 0.3) is 5.76 Å². The molecule has 5 nitrogen and oxygen atoms in total. The van der Waals surface area contributed by atoms with Gasteiger partial charge in [0.2, 0.25) is 17.3 Å². The Morgan fingerprint density at radius 1 is 1.08 bits per heavy atom. The molecule has 130 valence electrons. The van der Waals surface area contributed by atoms with Crippen LogP contribution >= 0.6 is 11.6 Å². The third kappa shape index (κ3) is 1.64. The van der Waals surface area contributed by atoms with Gasteiger partial charge in [0.05, 0.1) is 6.26 Å². The summed E-state index contributed by atoms with van der Waals surface area (Å²) < 4.78 is 5.58. The van der Waals surface area contributed by atoms with E-state index in [1.54, 1.807) is 12.3 Å². The largest absolute Gasteiger partial charge is 0.506 e. The molecule has 3 aliphatic rings. The average molecular weight is 369 g/mol. The number of aliphatic hydroxyl groups excluding tert-OH is 1. The van der Waals surface area contributed by atoms with E-state index in [-0.39, 0.29) is 16.9 Å². The lowest BCUT2D eigenvalue weighted by Gasteiger charge is -2.39. The molecule has 1 atom stereocenters. The standard InChI is InChI=1S/C20H13ClO5/c1-20-4-2-3-8-7-26-19(13(8)20)17(24)11-5-9-10(6-12(11)20)16(23)18(25)14(21)15(9)22/h5-7,22H,2-4H2,1H3. The van der Waals surface area contributed by atoms with Gasteiger partial charge in [-0.15, -0.1) is 0 Å². The highest BCUT2D eigenvalue weighted by Crippen LogP contribution is 2.50. The minimum absolute atomic E-state index is 0.0868. The number of rotatable bonds is 0. The van der Waals surface area contributed by atoms with E-state index in [1.807, 2.05) is 6.92 Å². The van der Waals surface area contributed by atoms with Crippen LogP contribution in [0.5, 0.6) is 0 Å². The van der Waals surface area contributed by atoms with Gasteiger partial charge in [-0.25, -0.2) is 0 Å². The Labute approximate surface area is 153 Å². The van der Waals surface area contributed by atoms with Gasteiger partial charge in [0.1, 0.15) is 10.8 Å². The van der Waals surface area contributed by atoms with Gasteiger partial charge in [0.15, 0.2) is 5.76 Å². The van der Waals surface area contributed by atoms with Crippen molar-refractivity contribution in [2.24, 2.45) is 0 Å². The van der Waals surface area contributed by atoms with Gasteiger partial charge >= 0.3 is 0 Å². The molecular weight excluding hydrogens is 356 g/mol. The second-order valence-corrected chi connectivity index (χ2v) is 7.62. The fraction of sp³-hybridized carbons (Fsp3) is 0.250. The van der Waals surface area contributed by atoms with Crippen molar-refractivity contribution in [2.45, 2.75) is 31.6 Å². The molecule has 0 bridgehead atoms. The van der Waals surface area contributed by atoms with Crippen LogP contribution < -0.4 is 0 Å². The zero-order chi connectivity index (χ0) is 18.4. The summed E-state index contributed by atoms with van der Waals surface area (Å²) in [6, 6.07) is 3.04. The number of hydrogen-bond acceptors (Lipinski definition) is 5. The first-order chi connectivity index (χ1) is 12.3. The molecule has 0 fully saturated rings. The molecule has 0 amide bonds. The van der Waals surface area contributed by atoms with Crippen molar-refractivity contribution in [3.63, 3.8) is 0 Å². The van der Waals surface area contributed by atoms with Crippen LogP contribution in [-0.2, 0) is 16.6 Å². The first-order valence-corrected chi connectivity index (χ1v) is 8.74. The molecule has 1 aromatic heterocycles. The van der Waals surface area contributed by atoms with E-state index in [0.717, 1.165) is 30.4 Å². The van der Waals surface area contributed by atoms with Crippen molar-refractivity contribution >= 4 is 34.7 Å². The molecule has 1 N–H and O–H groups in total. The van der Waals surface area contributed by atoms with Gasteiger partial charge in [0, 0.05) is 27.7 Å². The Morgan fingerprint density at radius 3 is 2.62 bits per heavy atom. The molecule has 1 unspecified atom stereocenters. The van der Waals surface area contributed by atoms with E-state index in [1.165, 1.54) is 6.07 Å². The van der Waals surface area contributed by atoms with Gasteiger partial charge in [0.25, 0.3) is 0 Å². The number of aliphatic hydroxyl groups is 1. The summed E-state index contributed by atoms with van der Waals surface area (Å²) in [5.74, 6) is -2.13. The Morgan fingerprint density at radius 2 is 1.85 bits per heavy atom. The third-order valence-electron chi connectivity index (χ3n) is 5.86. The minimum Gasteiger partial charge on any atom is -0.506 e. The maximum Gasteiger partial charge on any atom is 0.248 e. The second-order valence-electron chi connectivity index (χ2n) is 7.24. The highest BCUT2D eigenvalue weighted by Gasteiger charge is 2.47. The maximum absolute atomic E-state index is 13.0. The molecule has 0 spiro atoms. The molecule has 1 heterocycles. The molecule has 0 aliphatic heterocycles. The zero-order valence-corrected chi connectivity index (χ0v) is 14.6. The summed E-state index contributed by atoms with van der Waals surface area (Å²) in [5.41, 5.74) is 2.69. The lowest BCUT2D eigenvalue weighted by Crippen LogP contribution is -2.36. The number of furan rings is 1. The van der Waals surface area contributed by atoms with Gasteiger partial charge in [-0.2, -0.15) is 0 Å². The summed E-state index contributed by atoms with van der Waals surface area (Å²) in [7, 11) is 0. The summed E-state index contributed by atoms with van der Waals surface area (Å²) in [4.78, 5) is 37.4. The number of halogens is 1. The molecule has 0 saturated carbocycles. The van der Waals surface area contributed by atoms with E-state index in [2.05, 4.69) is 0 Å². The van der Waals surface area contributed by atoms with Crippen molar-refractivity contribution in [2.75, 3.05) is 0 Å². The highest BCUT2D eigenvalue weighted by molar-refractivity contribution is 6.64. The van der Waals surface area contributed by atoms with Gasteiger partial charge in [-0.05, 0) is 42.5 Å². The number of hydrogen-bond donors (Lipinski definition) is 1.